The average Bonchev–Trinajstić information content (AvgIpc) is 3.19. The molecule has 154 valence electrons. The SMILES string of the molecule is CC(C)(C)c1cccc(N2CN(c3ccccc3-c3ccccc3)c3cccnc32)c1. The number of nitrogens with zero attached hydrogens (tertiary/aromatic N) is 3. The maximum absolute atomic E-state index is 4.77. The maximum atomic E-state index is 4.77. The van der Waals surface area contributed by atoms with E-state index in [-0.39, 0.29) is 5.41 Å². The van der Waals surface area contributed by atoms with E-state index >= 15 is 0 Å². The molecule has 4 aromatic rings. The summed E-state index contributed by atoms with van der Waals surface area (Å²) in [6.45, 7) is 7.49. The highest BCUT2D eigenvalue weighted by molar-refractivity contribution is 5.90. The first-order valence-electron chi connectivity index (χ1n) is 10.8. The van der Waals surface area contributed by atoms with Crippen LogP contribution >= 0.6 is 0 Å². The van der Waals surface area contributed by atoms with Gasteiger partial charge in [0.1, 0.15) is 6.67 Å². The van der Waals surface area contributed by atoms with Crippen molar-refractivity contribution < 1.29 is 0 Å². The van der Waals surface area contributed by atoms with Crippen molar-refractivity contribution in [2.75, 3.05) is 16.5 Å². The van der Waals surface area contributed by atoms with E-state index in [1.165, 1.54) is 28.1 Å². The van der Waals surface area contributed by atoms with E-state index in [9.17, 15) is 0 Å². The van der Waals surface area contributed by atoms with Crippen molar-refractivity contribution in [3.05, 3.63) is 103 Å². The number of aromatic nitrogens is 1. The fourth-order valence-electron chi connectivity index (χ4n) is 4.21. The topological polar surface area (TPSA) is 19.4 Å². The third-order valence-electron chi connectivity index (χ3n) is 5.90. The van der Waals surface area contributed by atoms with Gasteiger partial charge >= 0.3 is 0 Å². The second-order valence-electron chi connectivity index (χ2n) is 9.03. The van der Waals surface area contributed by atoms with Crippen LogP contribution in [-0.4, -0.2) is 11.7 Å². The van der Waals surface area contributed by atoms with Crippen LogP contribution in [0.5, 0.6) is 0 Å². The molecule has 5 rings (SSSR count). The number of rotatable bonds is 3. The van der Waals surface area contributed by atoms with Crippen molar-refractivity contribution in [1.29, 1.82) is 0 Å². The summed E-state index contributed by atoms with van der Waals surface area (Å²) in [5, 5.41) is 0. The monoisotopic (exact) mass is 405 g/mol. The van der Waals surface area contributed by atoms with Gasteiger partial charge < -0.3 is 9.80 Å². The zero-order valence-electron chi connectivity index (χ0n) is 18.3. The Morgan fingerprint density at radius 1 is 0.710 bits per heavy atom. The lowest BCUT2D eigenvalue weighted by atomic mass is 9.87. The Kier molecular flexibility index (Phi) is 4.74. The van der Waals surface area contributed by atoms with Gasteiger partial charge in [-0.05, 0) is 46.9 Å². The van der Waals surface area contributed by atoms with Gasteiger partial charge in [-0.2, -0.15) is 0 Å². The number of hydrogen-bond donors (Lipinski definition) is 0. The Bertz CT molecular complexity index is 1210. The van der Waals surface area contributed by atoms with Crippen molar-refractivity contribution in [2.24, 2.45) is 0 Å². The van der Waals surface area contributed by atoms with Crippen LogP contribution in [0.3, 0.4) is 0 Å². The molecule has 1 aromatic heterocycles. The zero-order valence-corrected chi connectivity index (χ0v) is 18.3. The Hall–Kier alpha value is -3.59. The van der Waals surface area contributed by atoms with E-state index in [0.29, 0.717) is 0 Å². The predicted octanol–water partition coefficient (Wildman–Crippen LogP) is 7.29. The first kappa shape index (κ1) is 19.4. The molecule has 0 fully saturated rings. The van der Waals surface area contributed by atoms with Gasteiger partial charge in [0, 0.05) is 17.4 Å². The molecular weight excluding hydrogens is 378 g/mol. The Labute approximate surface area is 184 Å². The van der Waals surface area contributed by atoms with Gasteiger partial charge in [-0.1, -0.05) is 81.4 Å². The van der Waals surface area contributed by atoms with E-state index in [0.717, 1.165) is 18.2 Å². The van der Waals surface area contributed by atoms with E-state index in [1.54, 1.807) is 0 Å². The van der Waals surface area contributed by atoms with Gasteiger partial charge in [0.25, 0.3) is 0 Å². The minimum Gasteiger partial charge on any atom is -0.319 e. The third-order valence-corrected chi connectivity index (χ3v) is 5.90. The molecule has 0 spiro atoms. The number of benzene rings is 3. The van der Waals surface area contributed by atoms with Crippen molar-refractivity contribution in [2.45, 2.75) is 26.2 Å². The molecule has 0 atom stereocenters. The zero-order chi connectivity index (χ0) is 21.4. The molecular formula is C28H27N3. The molecule has 2 heterocycles. The van der Waals surface area contributed by atoms with Crippen molar-refractivity contribution in [3.8, 4) is 11.1 Å². The summed E-state index contributed by atoms with van der Waals surface area (Å²) in [4.78, 5) is 9.45. The van der Waals surface area contributed by atoms with Crippen LogP contribution in [0.15, 0.2) is 97.2 Å². The molecule has 0 N–H and O–H groups in total. The number of fused-ring (bicyclic) bond motifs is 1. The summed E-state index contributed by atoms with van der Waals surface area (Å²) in [6, 6.07) is 32.2. The van der Waals surface area contributed by atoms with Crippen molar-refractivity contribution in [1.82, 2.24) is 4.98 Å². The number of pyridine rings is 1. The fraction of sp³-hybridized carbons (Fsp3) is 0.179. The second kappa shape index (κ2) is 7.59. The van der Waals surface area contributed by atoms with Gasteiger partial charge in [0.2, 0.25) is 0 Å². The highest BCUT2D eigenvalue weighted by Gasteiger charge is 2.30. The van der Waals surface area contributed by atoms with Crippen LogP contribution in [0, 0.1) is 0 Å². The normalized spacial score (nSPS) is 13.4. The molecule has 3 nitrogen and oxygen atoms in total. The summed E-state index contributed by atoms with van der Waals surface area (Å²) >= 11 is 0. The molecule has 3 aromatic carbocycles. The van der Waals surface area contributed by atoms with Crippen LogP contribution in [-0.2, 0) is 5.41 Å². The second-order valence-corrected chi connectivity index (χ2v) is 9.03. The third kappa shape index (κ3) is 3.57. The van der Waals surface area contributed by atoms with E-state index in [4.69, 9.17) is 4.98 Å². The summed E-state index contributed by atoms with van der Waals surface area (Å²) in [7, 11) is 0. The summed E-state index contributed by atoms with van der Waals surface area (Å²) in [5.41, 5.74) is 7.37. The first-order chi connectivity index (χ1) is 15.0. The summed E-state index contributed by atoms with van der Waals surface area (Å²) in [6.07, 6.45) is 1.88. The predicted molar refractivity (Wildman–Crippen MR) is 130 cm³/mol. The van der Waals surface area contributed by atoms with Crippen molar-refractivity contribution in [3.63, 3.8) is 0 Å². The lowest BCUT2D eigenvalue weighted by Crippen LogP contribution is -2.25. The van der Waals surface area contributed by atoms with Gasteiger partial charge in [0.05, 0.1) is 11.4 Å². The molecule has 3 heteroatoms. The van der Waals surface area contributed by atoms with E-state index < -0.39 is 0 Å². The van der Waals surface area contributed by atoms with Gasteiger partial charge in [-0.15, -0.1) is 0 Å². The Morgan fingerprint density at radius 3 is 2.26 bits per heavy atom. The van der Waals surface area contributed by atoms with Crippen molar-refractivity contribution >= 4 is 22.9 Å². The molecule has 0 unspecified atom stereocenters. The van der Waals surface area contributed by atoms with E-state index in [2.05, 4.69) is 116 Å². The molecule has 0 saturated heterocycles. The molecule has 1 aliphatic rings. The molecule has 0 radical (unpaired) electrons. The van der Waals surface area contributed by atoms with Gasteiger partial charge in [0.15, 0.2) is 5.82 Å². The number of para-hydroxylation sites is 1. The fourth-order valence-corrected chi connectivity index (χ4v) is 4.21. The van der Waals surface area contributed by atoms with Crippen LogP contribution in [0.2, 0.25) is 0 Å². The standard InChI is InChI=1S/C28H27N3/c1-28(2,3)22-13-9-14-23(19-22)30-20-31(26-17-10-18-29-27(26)30)25-16-8-7-15-24(25)21-11-5-4-6-12-21/h4-19H,20H2,1-3H3. The molecule has 31 heavy (non-hydrogen) atoms. The molecule has 0 amide bonds. The highest BCUT2D eigenvalue weighted by Crippen LogP contribution is 2.45. The van der Waals surface area contributed by atoms with Crippen LogP contribution in [0.1, 0.15) is 26.3 Å². The number of hydrogen-bond acceptors (Lipinski definition) is 3. The van der Waals surface area contributed by atoms with Crippen LogP contribution in [0.4, 0.5) is 22.9 Å². The first-order valence-corrected chi connectivity index (χ1v) is 10.8. The summed E-state index contributed by atoms with van der Waals surface area (Å²) in [5.74, 6) is 0.997. The minimum atomic E-state index is 0.0995. The molecule has 1 aliphatic heterocycles. The van der Waals surface area contributed by atoms with E-state index in [1.807, 2.05) is 12.3 Å². The van der Waals surface area contributed by atoms with Crippen LogP contribution < -0.4 is 9.80 Å². The quantitative estimate of drug-likeness (QED) is 0.357. The van der Waals surface area contributed by atoms with Gasteiger partial charge in [-0.3, -0.25) is 0 Å². The highest BCUT2D eigenvalue weighted by atomic mass is 15.4. The Balaban J connectivity index is 1.61. The van der Waals surface area contributed by atoms with Gasteiger partial charge in [-0.25, -0.2) is 4.98 Å². The largest absolute Gasteiger partial charge is 0.319 e. The summed E-state index contributed by atoms with van der Waals surface area (Å²) < 4.78 is 0. The smallest absolute Gasteiger partial charge is 0.158 e. The maximum Gasteiger partial charge on any atom is 0.158 e. The van der Waals surface area contributed by atoms with Crippen LogP contribution in [0.25, 0.3) is 11.1 Å². The molecule has 0 saturated carbocycles. The lowest BCUT2D eigenvalue weighted by molar-refractivity contribution is 0.590. The molecule has 0 bridgehead atoms. The molecule has 0 aliphatic carbocycles. The minimum absolute atomic E-state index is 0.0995. The average molecular weight is 406 g/mol. The number of anilines is 4. The lowest BCUT2D eigenvalue weighted by Gasteiger charge is -2.25. The Morgan fingerprint density at radius 2 is 1.45 bits per heavy atom.